The molecule has 0 heterocycles. The lowest BCUT2D eigenvalue weighted by Gasteiger charge is -2.07. The molecule has 96 valence electrons. The van der Waals surface area contributed by atoms with Crippen LogP contribution in [-0.4, -0.2) is 19.8 Å². The Morgan fingerprint density at radius 1 is 1.06 bits per heavy atom. The van der Waals surface area contributed by atoms with E-state index in [-0.39, 0.29) is 0 Å². The van der Waals surface area contributed by atoms with E-state index in [1.54, 1.807) is 0 Å². The first-order chi connectivity index (χ1) is 8.22. The lowest BCUT2D eigenvalue weighted by Crippen LogP contribution is -2.16. The number of hydrogen-bond donors (Lipinski definition) is 1. The van der Waals surface area contributed by atoms with E-state index in [2.05, 4.69) is 44.3 Å². The number of benzene rings is 1. The fraction of sp³-hybridized carbons (Fsp3) is 0.600. The second-order valence-corrected chi connectivity index (χ2v) is 4.64. The topological polar surface area (TPSA) is 21.3 Å². The van der Waals surface area contributed by atoms with Gasteiger partial charge in [-0.3, -0.25) is 0 Å². The van der Waals surface area contributed by atoms with E-state index in [4.69, 9.17) is 4.74 Å². The van der Waals surface area contributed by atoms with Crippen LogP contribution in [0.15, 0.2) is 18.2 Å². The molecule has 0 saturated carbocycles. The monoisotopic (exact) mass is 235 g/mol. The molecule has 0 bridgehead atoms. The Morgan fingerprint density at radius 2 is 1.76 bits per heavy atom. The van der Waals surface area contributed by atoms with Crippen LogP contribution in [0.5, 0.6) is 0 Å². The van der Waals surface area contributed by atoms with Crippen LogP contribution in [0.1, 0.15) is 36.5 Å². The van der Waals surface area contributed by atoms with Gasteiger partial charge in [0.05, 0.1) is 0 Å². The Hall–Kier alpha value is -0.860. The first-order valence-corrected chi connectivity index (χ1v) is 6.58. The van der Waals surface area contributed by atoms with Gasteiger partial charge < -0.3 is 10.1 Å². The van der Waals surface area contributed by atoms with Crippen LogP contribution in [0.25, 0.3) is 0 Å². The predicted molar refractivity (Wildman–Crippen MR) is 73.3 cm³/mol. The van der Waals surface area contributed by atoms with Crippen LogP contribution in [0.4, 0.5) is 0 Å². The molecule has 0 aliphatic heterocycles. The quantitative estimate of drug-likeness (QED) is 0.699. The van der Waals surface area contributed by atoms with Crippen molar-refractivity contribution in [3.63, 3.8) is 0 Å². The van der Waals surface area contributed by atoms with Gasteiger partial charge in [0.2, 0.25) is 0 Å². The highest BCUT2D eigenvalue weighted by Crippen LogP contribution is 2.08. The van der Waals surface area contributed by atoms with Crippen LogP contribution < -0.4 is 5.32 Å². The average Bonchev–Trinajstić information content (AvgIpc) is 2.26. The molecule has 0 unspecified atom stereocenters. The van der Waals surface area contributed by atoms with Gasteiger partial charge in [-0.05, 0) is 38.8 Å². The van der Waals surface area contributed by atoms with E-state index in [0.717, 1.165) is 39.1 Å². The molecule has 0 fully saturated rings. The molecule has 1 rings (SSSR count). The Labute approximate surface area is 105 Å². The third kappa shape index (κ3) is 6.44. The summed E-state index contributed by atoms with van der Waals surface area (Å²) in [7, 11) is 0. The summed E-state index contributed by atoms with van der Waals surface area (Å²) in [4.78, 5) is 0. The molecule has 2 nitrogen and oxygen atoms in total. The van der Waals surface area contributed by atoms with Crippen LogP contribution in [-0.2, 0) is 11.3 Å². The molecule has 0 spiro atoms. The van der Waals surface area contributed by atoms with Gasteiger partial charge in [-0.15, -0.1) is 0 Å². The van der Waals surface area contributed by atoms with Crippen molar-refractivity contribution < 1.29 is 4.74 Å². The summed E-state index contributed by atoms with van der Waals surface area (Å²) in [6.07, 6.45) is 2.20. The number of hydrogen-bond acceptors (Lipinski definition) is 2. The highest BCUT2D eigenvalue weighted by atomic mass is 16.5. The minimum atomic E-state index is 0.869. The Kier molecular flexibility index (Phi) is 6.90. The standard InChI is InChI=1S/C15H25NO/c1-4-7-17-8-5-6-16-12-15-10-13(2)9-14(3)11-15/h9-11,16H,4-8,12H2,1-3H3. The summed E-state index contributed by atoms with van der Waals surface area (Å²) in [6, 6.07) is 6.70. The van der Waals surface area contributed by atoms with E-state index in [1.807, 2.05) is 0 Å². The van der Waals surface area contributed by atoms with Gasteiger partial charge in [0, 0.05) is 19.8 Å². The van der Waals surface area contributed by atoms with Crippen LogP contribution in [0, 0.1) is 13.8 Å². The molecule has 1 N–H and O–H groups in total. The molecule has 0 radical (unpaired) electrons. The second kappa shape index (κ2) is 8.26. The minimum absolute atomic E-state index is 0.869. The van der Waals surface area contributed by atoms with Crippen molar-refractivity contribution in [2.24, 2.45) is 0 Å². The molecule has 0 amide bonds. The van der Waals surface area contributed by atoms with Gasteiger partial charge in [0.1, 0.15) is 0 Å². The van der Waals surface area contributed by atoms with Crippen LogP contribution >= 0.6 is 0 Å². The van der Waals surface area contributed by atoms with Gasteiger partial charge in [-0.2, -0.15) is 0 Å². The maximum Gasteiger partial charge on any atom is 0.0478 e. The van der Waals surface area contributed by atoms with Crippen molar-refractivity contribution in [1.82, 2.24) is 5.32 Å². The molecule has 2 heteroatoms. The molecule has 0 saturated heterocycles. The third-order valence-corrected chi connectivity index (χ3v) is 2.60. The number of rotatable bonds is 8. The summed E-state index contributed by atoms with van der Waals surface area (Å²) in [6.45, 7) is 10.2. The predicted octanol–water partition coefficient (Wildman–Crippen LogP) is 3.21. The zero-order valence-corrected chi connectivity index (χ0v) is 11.4. The summed E-state index contributed by atoms with van der Waals surface area (Å²) in [5, 5.41) is 3.45. The van der Waals surface area contributed by atoms with Crippen LogP contribution in [0.3, 0.4) is 0 Å². The largest absolute Gasteiger partial charge is 0.381 e. The third-order valence-electron chi connectivity index (χ3n) is 2.60. The molecule has 1 aromatic carbocycles. The summed E-state index contributed by atoms with van der Waals surface area (Å²) in [5.41, 5.74) is 4.05. The summed E-state index contributed by atoms with van der Waals surface area (Å²) >= 11 is 0. The molecule has 0 aromatic heterocycles. The lowest BCUT2D eigenvalue weighted by atomic mass is 10.1. The van der Waals surface area contributed by atoms with Crippen molar-refractivity contribution in [2.45, 2.75) is 40.2 Å². The average molecular weight is 235 g/mol. The fourth-order valence-corrected chi connectivity index (χ4v) is 1.95. The fourth-order valence-electron chi connectivity index (χ4n) is 1.95. The van der Waals surface area contributed by atoms with E-state index >= 15 is 0 Å². The van der Waals surface area contributed by atoms with E-state index in [9.17, 15) is 0 Å². The molecular formula is C15H25NO. The summed E-state index contributed by atoms with van der Waals surface area (Å²) in [5.74, 6) is 0. The van der Waals surface area contributed by atoms with E-state index in [0.29, 0.717) is 0 Å². The van der Waals surface area contributed by atoms with E-state index in [1.165, 1.54) is 16.7 Å². The zero-order valence-electron chi connectivity index (χ0n) is 11.4. The molecule has 1 aromatic rings. The normalized spacial score (nSPS) is 10.8. The molecule has 0 aliphatic carbocycles. The first-order valence-electron chi connectivity index (χ1n) is 6.58. The van der Waals surface area contributed by atoms with Gasteiger partial charge >= 0.3 is 0 Å². The molecule has 0 aliphatic rings. The Balaban J connectivity index is 2.13. The van der Waals surface area contributed by atoms with Crippen molar-refractivity contribution >= 4 is 0 Å². The number of nitrogens with one attached hydrogen (secondary N) is 1. The van der Waals surface area contributed by atoms with Crippen molar-refractivity contribution in [3.05, 3.63) is 34.9 Å². The van der Waals surface area contributed by atoms with Gasteiger partial charge in [0.25, 0.3) is 0 Å². The maximum atomic E-state index is 5.43. The molecule has 0 atom stereocenters. The molecular weight excluding hydrogens is 210 g/mol. The first kappa shape index (κ1) is 14.2. The lowest BCUT2D eigenvalue weighted by molar-refractivity contribution is 0.132. The van der Waals surface area contributed by atoms with Crippen LogP contribution in [0.2, 0.25) is 0 Å². The smallest absolute Gasteiger partial charge is 0.0478 e. The van der Waals surface area contributed by atoms with Gasteiger partial charge in [0.15, 0.2) is 0 Å². The van der Waals surface area contributed by atoms with Crippen molar-refractivity contribution in [2.75, 3.05) is 19.8 Å². The highest BCUT2D eigenvalue weighted by molar-refractivity contribution is 5.28. The molecule has 17 heavy (non-hydrogen) atoms. The number of aryl methyl sites for hydroxylation is 2. The second-order valence-electron chi connectivity index (χ2n) is 4.64. The number of ether oxygens (including phenoxy) is 1. The summed E-state index contributed by atoms with van der Waals surface area (Å²) < 4.78 is 5.43. The Morgan fingerprint density at radius 3 is 2.41 bits per heavy atom. The Bertz CT molecular complexity index is 302. The van der Waals surface area contributed by atoms with Gasteiger partial charge in [-0.1, -0.05) is 36.2 Å². The van der Waals surface area contributed by atoms with Gasteiger partial charge in [-0.25, -0.2) is 0 Å². The van der Waals surface area contributed by atoms with E-state index < -0.39 is 0 Å². The minimum Gasteiger partial charge on any atom is -0.381 e. The maximum absolute atomic E-state index is 5.43. The highest BCUT2D eigenvalue weighted by Gasteiger charge is 1.95. The zero-order chi connectivity index (χ0) is 12.5. The van der Waals surface area contributed by atoms with Crippen molar-refractivity contribution in [1.29, 1.82) is 0 Å². The van der Waals surface area contributed by atoms with Crippen molar-refractivity contribution in [3.8, 4) is 0 Å². The SMILES string of the molecule is CCCOCCCNCc1cc(C)cc(C)c1.